The first-order valence-corrected chi connectivity index (χ1v) is 10.1. The van der Waals surface area contributed by atoms with E-state index in [4.69, 9.17) is 0 Å². The van der Waals surface area contributed by atoms with Gasteiger partial charge in [-0.25, -0.2) is 13.2 Å². The van der Waals surface area contributed by atoms with Crippen molar-refractivity contribution in [3.05, 3.63) is 29.3 Å². The van der Waals surface area contributed by atoms with Gasteiger partial charge in [0, 0.05) is 32.7 Å². The van der Waals surface area contributed by atoms with E-state index in [-0.39, 0.29) is 6.03 Å². The Morgan fingerprint density at radius 3 is 2.62 bits per heavy atom. The number of urea groups is 1. The van der Waals surface area contributed by atoms with E-state index in [9.17, 15) is 13.2 Å². The van der Waals surface area contributed by atoms with Gasteiger partial charge in [-0.05, 0) is 48.9 Å². The number of hydrogen-bond donors (Lipinski definition) is 1. The number of sulfonamides is 1. The van der Waals surface area contributed by atoms with Crippen LogP contribution in [0.15, 0.2) is 23.1 Å². The molecule has 0 atom stereocenters. The second-order valence-corrected chi connectivity index (χ2v) is 8.38. The van der Waals surface area contributed by atoms with Crippen molar-refractivity contribution >= 4 is 16.1 Å². The molecule has 0 radical (unpaired) electrons. The highest BCUT2D eigenvalue weighted by Gasteiger charge is 2.29. The summed E-state index contributed by atoms with van der Waals surface area (Å²) in [5.41, 5.74) is 2.07. The van der Waals surface area contributed by atoms with Crippen LogP contribution in [-0.2, 0) is 23.0 Å². The molecule has 2 heterocycles. The summed E-state index contributed by atoms with van der Waals surface area (Å²) in [5.74, 6) is 0. The first-order chi connectivity index (χ1) is 11.5. The molecule has 6 nitrogen and oxygen atoms in total. The molecule has 3 rings (SSSR count). The van der Waals surface area contributed by atoms with Crippen molar-refractivity contribution in [2.24, 2.45) is 0 Å². The summed E-state index contributed by atoms with van der Waals surface area (Å²) in [7, 11) is -3.41. The Kier molecular flexibility index (Phi) is 5.10. The Morgan fingerprint density at radius 2 is 1.92 bits per heavy atom. The molecule has 0 aromatic heterocycles. The van der Waals surface area contributed by atoms with Crippen molar-refractivity contribution < 1.29 is 13.2 Å². The largest absolute Gasteiger partial charge is 0.338 e. The van der Waals surface area contributed by atoms with Gasteiger partial charge in [0.2, 0.25) is 10.0 Å². The Bertz CT molecular complexity index is 712. The van der Waals surface area contributed by atoms with Gasteiger partial charge >= 0.3 is 6.03 Å². The molecule has 0 aliphatic carbocycles. The van der Waals surface area contributed by atoms with Crippen LogP contribution in [0.5, 0.6) is 0 Å². The molecule has 1 aromatic rings. The normalized spacial score (nSPS) is 18.5. The quantitative estimate of drug-likeness (QED) is 0.901. The third kappa shape index (κ3) is 3.42. The topological polar surface area (TPSA) is 69.7 Å². The van der Waals surface area contributed by atoms with Gasteiger partial charge in [-0.3, -0.25) is 0 Å². The molecule has 1 N–H and O–H groups in total. The predicted molar refractivity (Wildman–Crippen MR) is 92.2 cm³/mol. The van der Waals surface area contributed by atoms with E-state index >= 15 is 0 Å². The average Bonchev–Trinajstić information content (AvgIpc) is 3.14. The lowest BCUT2D eigenvalue weighted by atomic mass is 10.0. The minimum atomic E-state index is -3.41. The van der Waals surface area contributed by atoms with Crippen LogP contribution in [-0.4, -0.2) is 49.8 Å². The minimum absolute atomic E-state index is 0.0738. The highest BCUT2D eigenvalue weighted by atomic mass is 32.2. The van der Waals surface area contributed by atoms with Gasteiger partial charge in [0.1, 0.15) is 0 Å². The number of amides is 2. The van der Waals surface area contributed by atoms with Crippen molar-refractivity contribution in [3.63, 3.8) is 0 Å². The molecule has 24 heavy (non-hydrogen) atoms. The van der Waals surface area contributed by atoms with Gasteiger partial charge in [-0.1, -0.05) is 13.0 Å². The summed E-state index contributed by atoms with van der Waals surface area (Å²) in [6.45, 7) is 5.01. The lowest BCUT2D eigenvalue weighted by molar-refractivity contribution is 0.192. The fourth-order valence-electron chi connectivity index (χ4n) is 3.29. The molecule has 0 saturated carbocycles. The molecule has 132 valence electrons. The van der Waals surface area contributed by atoms with Crippen LogP contribution >= 0.6 is 0 Å². The lowest BCUT2D eigenvalue weighted by Crippen LogP contribution is -2.43. The van der Waals surface area contributed by atoms with Crippen molar-refractivity contribution in [1.82, 2.24) is 14.5 Å². The van der Waals surface area contributed by atoms with Crippen molar-refractivity contribution in [3.8, 4) is 0 Å². The smallest absolute Gasteiger partial charge is 0.317 e. The Morgan fingerprint density at radius 1 is 1.17 bits per heavy atom. The monoisotopic (exact) mass is 351 g/mol. The van der Waals surface area contributed by atoms with E-state index in [1.54, 1.807) is 21.3 Å². The van der Waals surface area contributed by atoms with E-state index in [0.29, 0.717) is 37.6 Å². The number of nitrogens with zero attached hydrogens (tertiary/aromatic N) is 2. The first-order valence-electron chi connectivity index (χ1n) is 8.67. The molecular formula is C17H25N3O3S. The second-order valence-electron chi connectivity index (χ2n) is 6.45. The molecule has 0 bridgehead atoms. The molecule has 7 heteroatoms. The van der Waals surface area contributed by atoms with Gasteiger partial charge in [0.25, 0.3) is 0 Å². The van der Waals surface area contributed by atoms with Crippen LogP contribution in [0, 0.1) is 0 Å². The first kappa shape index (κ1) is 17.2. The Hall–Kier alpha value is -1.60. The zero-order chi connectivity index (χ0) is 17.2. The second kappa shape index (κ2) is 7.11. The van der Waals surface area contributed by atoms with E-state index < -0.39 is 10.0 Å². The van der Waals surface area contributed by atoms with Gasteiger partial charge < -0.3 is 10.2 Å². The summed E-state index contributed by atoms with van der Waals surface area (Å²) in [4.78, 5) is 14.2. The molecule has 0 spiro atoms. The molecule has 2 amide bonds. The Balaban J connectivity index is 1.79. The Labute approximate surface area is 143 Å². The predicted octanol–water partition coefficient (Wildman–Crippen LogP) is 1.95. The van der Waals surface area contributed by atoms with E-state index in [2.05, 4.69) is 5.32 Å². The third-order valence-corrected chi connectivity index (χ3v) is 6.60. The van der Waals surface area contributed by atoms with Crippen LogP contribution in [0.2, 0.25) is 0 Å². The molecule has 1 aromatic carbocycles. The van der Waals surface area contributed by atoms with E-state index in [1.807, 2.05) is 13.0 Å². The van der Waals surface area contributed by atoms with Gasteiger partial charge in [-0.2, -0.15) is 4.31 Å². The van der Waals surface area contributed by atoms with Crippen molar-refractivity contribution in [1.29, 1.82) is 0 Å². The molecule has 2 aliphatic rings. The molecular weight excluding hydrogens is 326 g/mol. The number of carbonyl (C=O) groups excluding carboxylic acids is 1. The van der Waals surface area contributed by atoms with Crippen LogP contribution < -0.4 is 5.32 Å². The maximum atomic E-state index is 12.7. The third-order valence-electron chi connectivity index (χ3n) is 4.71. The van der Waals surface area contributed by atoms with Crippen LogP contribution in [0.4, 0.5) is 4.79 Å². The SMILES string of the molecule is CCCNC(=O)N1CCc2ccc(S(=O)(=O)N3CCCC3)cc2C1. The van der Waals surface area contributed by atoms with Crippen molar-refractivity contribution in [2.45, 2.75) is 44.0 Å². The van der Waals surface area contributed by atoms with Crippen LogP contribution in [0.3, 0.4) is 0 Å². The van der Waals surface area contributed by atoms with Gasteiger partial charge in [0.15, 0.2) is 0 Å². The summed E-state index contributed by atoms with van der Waals surface area (Å²) in [5, 5.41) is 2.88. The fourth-order valence-corrected chi connectivity index (χ4v) is 4.86. The standard InChI is InChI=1S/C17H25N3O3S/c1-2-8-18-17(21)19-11-7-14-5-6-16(12-15(14)13-19)24(22,23)20-9-3-4-10-20/h5-6,12H,2-4,7-11,13H2,1H3,(H,18,21). The summed E-state index contributed by atoms with van der Waals surface area (Å²) in [6, 6.07) is 5.29. The number of fused-ring (bicyclic) bond motifs is 1. The molecule has 2 aliphatic heterocycles. The molecule has 1 saturated heterocycles. The van der Waals surface area contributed by atoms with Crippen LogP contribution in [0.25, 0.3) is 0 Å². The average molecular weight is 351 g/mol. The van der Waals surface area contributed by atoms with Gasteiger partial charge in [-0.15, -0.1) is 0 Å². The maximum Gasteiger partial charge on any atom is 0.317 e. The zero-order valence-corrected chi connectivity index (χ0v) is 14.9. The van der Waals surface area contributed by atoms with Gasteiger partial charge in [0.05, 0.1) is 4.90 Å². The maximum absolute atomic E-state index is 12.7. The number of hydrogen-bond acceptors (Lipinski definition) is 3. The molecule has 0 unspecified atom stereocenters. The zero-order valence-electron chi connectivity index (χ0n) is 14.1. The number of benzene rings is 1. The van der Waals surface area contributed by atoms with Crippen LogP contribution in [0.1, 0.15) is 37.3 Å². The number of nitrogens with one attached hydrogen (secondary N) is 1. The summed E-state index contributed by atoms with van der Waals surface area (Å²) < 4.78 is 27.0. The minimum Gasteiger partial charge on any atom is -0.338 e. The summed E-state index contributed by atoms with van der Waals surface area (Å²) in [6.07, 6.45) is 3.51. The van der Waals surface area contributed by atoms with E-state index in [1.165, 1.54) is 0 Å². The highest BCUT2D eigenvalue weighted by Crippen LogP contribution is 2.26. The van der Waals surface area contributed by atoms with E-state index in [0.717, 1.165) is 36.8 Å². The summed E-state index contributed by atoms with van der Waals surface area (Å²) >= 11 is 0. The molecule has 1 fully saturated rings. The number of carbonyl (C=O) groups is 1. The lowest BCUT2D eigenvalue weighted by Gasteiger charge is -2.29. The highest BCUT2D eigenvalue weighted by molar-refractivity contribution is 7.89. The fraction of sp³-hybridized carbons (Fsp3) is 0.588. The number of rotatable bonds is 4. The van der Waals surface area contributed by atoms with Crippen molar-refractivity contribution in [2.75, 3.05) is 26.2 Å².